The van der Waals surface area contributed by atoms with Crippen molar-refractivity contribution in [1.29, 1.82) is 0 Å². The number of alkyl halides is 1. The maximum Gasteiger partial charge on any atom is 0.241 e. The molecule has 0 aliphatic rings. The van der Waals surface area contributed by atoms with Crippen molar-refractivity contribution in [1.82, 2.24) is 14.8 Å². The van der Waals surface area contributed by atoms with Gasteiger partial charge in [0, 0.05) is 26.0 Å². The number of rotatable bonds is 6. The molecule has 0 aliphatic carbocycles. The molecule has 1 heterocycles. The third-order valence-electron chi connectivity index (χ3n) is 2.60. The van der Waals surface area contributed by atoms with Crippen molar-refractivity contribution in [3.05, 3.63) is 16.1 Å². The van der Waals surface area contributed by atoms with E-state index in [1.807, 2.05) is 12.3 Å². The Hall–Kier alpha value is -1.14. The first-order valence-electron chi connectivity index (χ1n) is 5.95. The summed E-state index contributed by atoms with van der Waals surface area (Å²) in [4.78, 5) is 31.0. The van der Waals surface area contributed by atoms with Crippen LogP contribution in [0.15, 0.2) is 5.38 Å². The Bertz CT molecular complexity index is 448. The monoisotopic (exact) mass is 303 g/mol. The molecule has 0 fully saturated rings. The van der Waals surface area contributed by atoms with Gasteiger partial charge in [0.15, 0.2) is 0 Å². The average molecular weight is 304 g/mol. The van der Waals surface area contributed by atoms with Crippen LogP contribution in [0.5, 0.6) is 0 Å². The lowest BCUT2D eigenvalue weighted by atomic mass is 10.3. The van der Waals surface area contributed by atoms with Crippen LogP contribution in [0.1, 0.15) is 17.6 Å². The summed E-state index contributed by atoms with van der Waals surface area (Å²) in [6.07, 6.45) is 0.218. The maximum atomic E-state index is 12.1. The average Bonchev–Trinajstić information content (AvgIpc) is 2.82. The van der Waals surface area contributed by atoms with Crippen molar-refractivity contribution in [2.24, 2.45) is 0 Å². The van der Waals surface area contributed by atoms with Crippen LogP contribution in [-0.4, -0.2) is 53.8 Å². The number of halogens is 1. The molecule has 0 N–H and O–H groups in total. The minimum Gasteiger partial charge on any atom is -0.347 e. The quantitative estimate of drug-likeness (QED) is 0.746. The number of carbonyl (C=O) groups is 2. The minimum absolute atomic E-state index is 0.0872. The van der Waals surface area contributed by atoms with Crippen molar-refractivity contribution in [3.63, 3.8) is 0 Å². The van der Waals surface area contributed by atoms with Crippen LogP contribution in [0.3, 0.4) is 0 Å². The lowest BCUT2D eigenvalue weighted by molar-refractivity contribution is -0.138. The summed E-state index contributed by atoms with van der Waals surface area (Å²) >= 11 is 7.09. The molecule has 0 spiro atoms. The molecule has 0 saturated carbocycles. The van der Waals surface area contributed by atoms with Gasteiger partial charge in [0.25, 0.3) is 0 Å². The van der Waals surface area contributed by atoms with Crippen molar-refractivity contribution < 1.29 is 9.59 Å². The number of hydrogen-bond acceptors (Lipinski definition) is 4. The highest BCUT2D eigenvalue weighted by molar-refractivity contribution is 7.09. The van der Waals surface area contributed by atoms with Crippen molar-refractivity contribution in [2.75, 3.05) is 27.2 Å². The summed E-state index contributed by atoms with van der Waals surface area (Å²) in [5, 5.41) is 2.58. The molecule has 0 saturated heterocycles. The zero-order valence-electron chi connectivity index (χ0n) is 11.4. The van der Waals surface area contributed by atoms with E-state index >= 15 is 0 Å². The van der Waals surface area contributed by atoms with Gasteiger partial charge in [-0.1, -0.05) is 0 Å². The number of carbonyl (C=O) groups excluding carboxylic acids is 2. The van der Waals surface area contributed by atoms with Gasteiger partial charge in [-0.05, 0) is 6.92 Å². The van der Waals surface area contributed by atoms with E-state index in [1.165, 1.54) is 21.1 Å². The molecular weight excluding hydrogens is 286 g/mol. The minimum atomic E-state index is -0.0897. The fraction of sp³-hybridized carbons (Fsp3) is 0.583. The summed E-state index contributed by atoms with van der Waals surface area (Å²) in [6.45, 7) is 2.47. The number of hydrogen-bond donors (Lipinski definition) is 0. The second-order valence-corrected chi connectivity index (χ2v) is 5.45. The number of thiazole rings is 1. The Morgan fingerprint density at radius 3 is 2.53 bits per heavy atom. The molecule has 0 aromatic carbocycles. The Kier molecular flexibility index (Phi) is 6.24. The van der Waals surface area contributed by atoms with Crippen molar-refractivity contribution >= 4 is 34.8 Å². The Morgan fingerprint density at radius 2 is 2.05 bits per heavy atom. The van der Waals surface area contributed by atoms with Gasteiger partial charge in [-0.25, -0.2) is 4.98 Å². The van der Waals surface area contributed by atoms with E-state index in [2.05, 4.69) is 4.98 Å². The van der Waals surface area contributed by atoms with Gasteiger partial charge >= 0.3 is 0 Å². The van der Waals surface area contributed by atoms with Crippen LogP contribution >= 0.6 is 22.9 Å². The molecule has 19 heavy (non-hydrogen) atoms. The van der Waals surface area contributed by atoms with Crippen molar-refractivity contribution in [3.8, 4) is 0 Å². The zero-order valence-corrected chi connectivity index (χ0v) is 12.9. The summed E-state index contributed by atoms with van der Waals surface area (Å²) in [6, 6.07) is 0. The normalized spacial score (nSPS) is 10.3. The molecule has 7 heteroatoms. The van der Waals surface area contributed by atoms with E-state index in [0.29, 0.717) is 12.4 Å². The molecule has 5 nitrogen and oxygen atoms in total. The van der Waals surface area contributed by atoms with E-state index in [4.69, 9.17) is 11.6 Å². The van der Waals surface area contributed by atoms with Gasteiger partial charge < -0.3 is 9.80 Å². The predicted octanol–water partition coefficient (Wildman–Crippen LogP) is 1.36. The smallest absolute Gasteiger partial charge is 0.241 e. The second-order valence-electron chi connectivity index (χ2n) is 4.24. The van der Waals surface area contributed by atoms with Crippen molar-refractivity contribution in [2.45, 2.75) is 19.2 Å². The SMILES string of the molecule is CCN(CC(=O)N(C)C)C(=O)Cc1nc(CCl)cs1. The van der Waals surface area contributed by atoms with E-state index in [1.54, 1.807) is 14.1 Å². The van der Waals surface area contributed by atoms with Gasteiger partial charge in [-0.2, -0.15) is 0 Å². The Morgan fingerprint density at radius 1 is 1.37 bits per heavy atom. The third-order valence-corrected chi connectivity index (χ3v) is 3.77. The first kappa shape index (κ1) is 15.9. The zero-order chi connectivity index (χ0) is 14.4. The molecule has 106 valence electrons. The third kappa shape index (κ3) is 4.80. The van der Waals surface area contributed by atoms with Crippen LogP contribution in [-0.2, 0) is 21.9 Å². The fourth-order valence-electron chi connectivity index (χ4n) is 1.41. The standard InChI is InChI=1S/C12H18ClN3O2S/c1-4-16(7-12(18)15(2)3)11(17)5-10-14-9(6-13)8-19-10/h8H,4-7H2,1-3H3. The molecule has 0 bridgehead atoms. The molecule has 2 amide bonds. The molecule has 1 aromatic rings. The molecule has 0 radical (unpaired) electrons. The second kappa shape index (κ2) is 7.45. The highest BCUT2D eigenvalue weighted by Crippen LogP contribution is 2.13. The molecule has 1 aromatic heterocycles. The van der Waals surface area contributed by atoms with Gasteiger partial charge in [0.1, 0.15) is 5.01 Å². The number of nitrogens with zero attached hydrogens (tertiary/aromatic N) is 3. The van der Waals surface area contributed by atoms with Crippen LogP contribution in [0.4, 0.5) is 0 Å². The Labute approximate surface area is 122 Å². The first-order valence-corrected chi connectivity index (χ1v) is 7.36. The summed E-state index contributed by atoms with van der Waals surface area (Å²) in [5.74, 6) is 0.172. The van der Waals surface area contributed by atoms with Crippen LogP contribution in [0.25, 0.3) is 0 Å². The first-order chi connectivity index (χ1) is 8.97. The maximum absolute atomic E-state index is 12.1. The fourth-order valence-corrected chi connectivity index (χ4v) is 2.43. The van der Waals surface area contributed by atoms with Gasteiger partial charge in [-0.15, -0.1) is 22.9 Å². The van der Waals surface area contributed by atoms with Crippen LogP contribution < -0.4 is 0 Å². The lowest BCUT2D eigenvalue weighted by Gasteiger charge is -2.21. The van der Waals surface area contributed by atoms with Gasteiger partial charge in [0.2, 0.25) is 11.8 Å². The summed E-state index contributed by atoms with van der Waals surface area (Å²) < 4.78 is 0. The van der Waals surface area contributed by atoms with Gasteiger partial charge in [0.05, 0.1) is 24.5 Å². The van der Waals surface area contributed by atoms with Crippen LogP contribution in [0, 0.1) is 0 Å². The topological polar surface area (TPSA) is 53.5 Å². The van der Waals surface area contributed by atoms with Crippen LogP contribution in [0.2, 0.25) is 0 Å². The summed E-state index contributed by atoms with van der Waals surface area (Å²) in [5.41, 5.74) is 0.780. The Balaban J connectivity index is 2.61. The number of aromatic nitrogens is 1. The highest BCUT2D eigenvalue weighted by Gasteiger charge is 2.18. The number of likely N-dealkylation sites (N-methyl/N-ethyl adjacent to an activating group) is 2. The predicted molar refractivity (Wildman–Crippen MR) is 76.3 cm³/mol. The van der Waals surface area contributed by atoms with E-state index in [-0.39, 0.29) is 24.8 Å². The van der Waals surface area contributed by atoms with Gasteiger partial charge in [-0.3, -0.25) is 9.59 Å². The van der Waals surface area contributed by atoms with E-state index in [0.717, 1.165) is 10.7 Å². The van der Waals surface area contributed by atoms with E-state index < -0.39 is 0 Å². The highest BCUT2D eigenvalue weighted by atomic mass is 35.5. The molecular formula is C12H18ClN3O2S. The molecule has 1 rings (SSSR count). The molecule has 0 aliphatic heterocycles. The molecule has 0 atom stereocenters. The molecule has 0 unspecified atom stereocenters. The summed E-state index contributed by atoms with van der Waals surface area (Å²) in [7, 11) is 3.35. The van der Waals surface area contributed by atoms with E-state index in [9.17, 15) is 9.59 Å². The lowest BCUT2D eigenvalue weighted by Crippen LogP contribution is -2.40. The number of amides is 2. The largest absolute Gasteiger partial charge is 0.347 e.